The summed E-state index contributed by atoms with van der Waals surface area (Å²) in [5.41, 5.74) is 0.681. The molecule has 8 heteroatoms. The summed E-state index contributed by atoms with van der Waals surface area (Å²) in [5, 5.41) is 2.32. The highest BCUT2D eigenvalue weighted by atomic mass is 31.2. The third-order valence-corrected chi connectivity index (χ3v) is 4.58. The molecule has 132 valence electrons. The Bertz CT molecular complexity index is 629. The predicted molar refractivity (Wildman–Crippen MR) is 89.9 cm³/mol. The van der Waals surface area contributed by atoms with Crippen molar-refractivity contribution in [3.8, 4) is 0 Å². The lowest BCUT2D eigenvalue weighted by atomic mass is 10.2. The highest BCUT2D eigenvalue weighted by molar-refractivity contribution is 7.58. The highest BCUT2D eigenvalue weighted by Crippen LogP contribution is 2.41. The molecule has 1 atom stereocenters. The Morgan fingerprint density at radius 1 is 1.21 bits per heavy atom. The lowest BCUT2D eigenvalue weighted by Crippen LogP contribution is -2.29. The lowest BCUT2D eigenvalue weighted by Gasteiger charge is -2.12. The number of hydrogen-bond acceptors (Lipinski definition) is 6. The van der Waals surface area contributed by atoms with Gasteiger partial charge in [0.15, 0.2) is 0 Å². The van der Waals surface area contributed by atoms with Crippen molar-refractivity contribution >= 4 is 19.4 Å². The van der Waals surface area contributed by atoms with Crippen LogP contribution in [0.25, 0.3) is 0 Å². The van der Waals surface area contributed by atoms with E-state index in [4.69, 9.17) is 14.0 Å². The molecule has 1 unspecified atom stereocenters. The molecule has 0 heterocycles. The number of rotatable bonds is 8. The van der Waals surface area contributed by atoms with Crippen LogP contribution in [0.4, 0.5) is 4.79 Å². The van der Waals surface area contributed by atoms with E-state index in [9.17, 15) is 14.2 Å². The van der Waals surface area contributed by atoms with Gasteiger partial charge in [-0.05, 0) is 18.6 Å². The first kappa shape index (κ1) is 19.9. The van der Waals surface area contributed by atoms with Crippen molar-refractivity contribution in [3.63, 3.8) is 0 Å². The van der Waals surface area contributed by atoms with Gasteiger partial charge in [-0.2, -0.15) is 0 Å². The average molecular weight is 355 g/mol. The van der Waals surface area contributed by atoms with Crippen LogP contribution in [0.15, 0.2) is 42.1 Å². The zero-order chi connectivity index (χ0) is 18.0. The van der Waals surface area contributed by atoms with Crippen LogP contribution in [-0.4, -0.2) is 38.6 Å². The zero-order valence-electron chi connectivity index (χ0n) is 14.0. The summed E-state index contributed by atoms with van der Waals surface area (Å²) >= 11 is 0. The maximum atomic E-state index is 11.9. The molecule has 1 aromatic carbocycles. The van der Waals surface area contributed by atoms with Crippen LogP contribution in [0.3, 0.4) is 0 Å². The van der Waals surface area contributed by atoms with E-state index in [0.29, 0.717) is 0 Å². The second-order valence-corrected chi connectivity index (χ2v) is 7.66. The van der Waals surface area contributed by atoms with Gasteiger partial charge in [0, 0.05) is 19.9 Å². The Morgan fingerprint density at radius 3 is 2.46 bits per heavy atom. The second-order valence-electron chi connectivity index (χ2n) is 4.90. The van der Waals surface area contributed by atoms with E-state index >= 15 is 0 Å². The van der Waals surface area contributed by atoms with Gasteiger partial charge in [0.05, 0.1) is 6.61 Å². The van der Waals surface area contributed by atoms with Crippen molar-refractivity contribution in [2.75, 3.05) is 26.5 Å². The molecule has 0 bridgehead atoms. The molecule has 7 nitrogen and oxygen atoms in total. The zero-order valence-corrected chi connectivity index (χ0v) is 14.9. The van der Waals surface area contributed by atoms with E-state index in [0.717, 1.165) is 5.56 Å². The van der Waals surface area contributed by atoms with E-state index in [1.54, 1.807) is 19.1 Å². The molecule has 1 amide bonds. The smallest absolute Gasteiger partial charge is 0.412 e. The van der Waals surface area contributed by atoms with Crippen LogP contribution in [0.1, 0.15) is 12.5 Å². The average Bonchev–Trinajstić information content (AvgIpc) is 2.58. The summed E-state index contributed by atoms with van der Waals surface area (Å²) in [6.45, 7) is 3.28. The molecular weight excluding hydrogens is 333 g/mol. The summed E-state index contributed by atoms with van der Waals surface area (Å²) in [6.07, 6.45) is 0.490. The molecule has 0 spiro atoms. The first-order valence-electron chi connectivity index (χ1n) is 7.35. The van der Waals surface area contributed by atoms with Gasteiger partial charge in [-0.1, -0.05) is 30.3 Å². The first-order valence-corrected chi connectivity index (χ1v) is 9.61. The molecule has 0 saturated carbocycles. The van der Waals surface area contributed by atoms with E-state index in [1.807, 2.05) is 18.2 Å². The molecule has 0 radical (unpaired) electrons. The number of carbonyl (C=O) groups is 2. The SMILES string of the molecule is CCOC(=O)/C(=C/CP(C)(=O)OC)NC(=O)OCc1ccccc1. The number of hydrogen-bond donors (Lipinski definition) is 1. The number of esters is 1. The molecule has 0 fully saturated rings. The largest absolute Gasteiger partial charge is 0.461 e. The van der Waals surface area contributed by atoms with Crippen molar-refractivity contribution in [2.45, 2.75) is 13.5 Å². The number of alkyl carbamates (subject to hydrolysis) is 1. The fraction of sp³-hybridized carbons (Fsp3) is 0.375. The topological polar surface area (TPSA) is 90.9 Å². The molecule has 1 N–H and O–H groups in total. The van der Waals surface area contributed by atoms with Crippen LogP contribution < -0.4 is 5.32 Å². The number of ether oxygens (including phenoxy) is 2. The summed E-state index contributed by atoms with van der Waals surface area (Å²) in [6, 6.07) is 9.11. The van der Waals surface area contributed by atoms with Gasteiger partial charge in [0.25, 0.3) is 0 Å². The van der Waals surface area contributed by atoms with E-state index < -0.39 is 19.4 Å². The Kier molecular flexibility index (Phi) is 8.22. The normalized spacial score (nSPS) is 13.7. The number of benzene rings is 1. The summed E-state index contributed by atoms with van der Waals surface area (Å²) < 4.78 is 26.7. The number of amides is 1. The van der Waals surface area contributed by atoms with Crippen molar-refractivity contribution < 1.29 is 28.2 Å². The Balaban J connectivity index is 2.69. The maximum absolute atomic E-state index is 11.9. The van der Waals surface area contributed by atoms with E-state index in [1.165, 1.54) is 19.9 Å². The van der Waals surface area contributed by atoms with Gasteiger partial charge in [-0.3, -0.25) is 9.88 Å². The first-order chi connectivity index (χ1) is 11.4. The lowest BCUT2D eigenvalue weighted by molar-refractivity contribution is -0.138. The molecule has 0 aliphatic rings. The highest BCUT2D eigenvalue weighted by Gasteiger charge is 2.18. The third-order valence-electron chi connectivity index (χ3n) is 2.96. The summed E-state index contributed by atoms with van der Waals surface area (Å²) in [4.78, 5) is 23.7. The summed E-state index contributed by atoms with van der Waals surface area (Å²) in [7, 11) is -1.55. The van der Waals surface area contributed by atoms with Crippen LogP contribution in [-0.2, 0) is 30.0 Å². The number of nitrogens with one attached hydrogen (secondary N) is 1. The van der Waals surface area contributed by atoms with Gasteiger partial charge < -0.3 is 14.0 Å². The predicted octanol–water partition coefficient (Wildman–Crippen LogP) is 2.91. The van der Waals surface area contributed by atoms with Gasteiger partial charge in [-0.15, -0.1) is 0 Å². The van der Waals surface area contributed by atoms with Crippen molar-refractivity contribution in [1.82, 2.24) is 5.32 Å². The number of carbonyl (C=O) groups excluding carboxylic acids is 2. The third kappa shape index (κ3) is 7.44. The van der Waals surface area contributed by atoms with Gasteiger partial charge in [0.1, 0.15) is 12.3 Å². The van der Waals surface area contributed by atoms with Crippen LogP contribution in [0.2, 0.25) is 0 Å². The van der Waals surface area contributed by atoms with Gasteiger partial charge >= 0.3 is 12.1 Å². The Morgan fingerprint density at radius 2 is 1.88 bits per heavy atom. The molecule has 0 saturated heterocycles. The number of allylic oxidation sites excluding steroid dienone is 1. The van der Waals surface area contributed by atoms with E-state index in [-0.39, 0.29) is 25.1 Å². The molecule has 1 rings (SSSR count). The maximum Gasteiger partial charge on any atom is 0.412 e. The van der Waals surface area contributed by atoms with Crippen molar-refractivity contribution in [1.29, 1.82) is 0 Å². The minimum absolute atomic E-state index is 0.0172. The monoisotopic (exact) mass is 355 g/mol. The van der Waals surface area contributed by atoms with Gasteiger partial charge in [-0.25, -0.2) is 9.59 Å². The molecule has 24 heavy (non-hydrogen) atoms. The Hall–Kier alpha value is -2.11. The standard InChI is InChI=1S/C16H22NO6P/c1-4-22-15(18)14(10-11-24(3,20)21-2)17-16(19)23-12-13-8-6-5-7-9-13/h5-10H,4,11-12H2,1-3H3,(H,17,19)/b14-10-. The Labute approximate surface area is 141 Å². The van der Waals surface area contributed by atoms with Gasteiger partial charge in [0.2, 0.25) is 7.37 Å². The fourth-order valence-electron chi connectivity index (χ4n) is 1.60. The summed E-state index contributed by atoms with van der Waals surface area (Å²) in [5.74, 6) is -0.731. The molecule has 0 aromatic heterocycles. The fourth-order valence-corrected chi connectivity index (χ4v) is 2.26. The van der Waals surface area contributed by atoms with Crippen molar-refractivity contribution in [2.24, 2.45) is 0 Å². The molecule has 1 aromatic rings. The molecule has 0 aliphatic heterocycles. The molecule has 0 aliphatic carbocycles. The minimum atomic E-state index is -2.87. The van der Waals surface area contributed by atoms with Crippen LogP contribution >= 0.6 is 7.37 Å². The van der Waals surface area contributed by atoms with Crippen LogP contribution in [0.5, 0.6) is 0 Å². The van der Waals surface area contributed by atoms with Crippen molar-refractivity contribution in [3.05, 3.63) is 47.7 Å². The quantitative estimate of drug-likeness (QED) is 0.438. The minimum Gasteiger partial charge on any atom is -0.461 e. The molecular formula is C16H22NO6P. The van der Waals surface area contributed by atoms with E-state index in [2.05, 4.69) is 5.32 Å². The van der Waals surface area contributed by atoms with Crippen LogP contribution in [0, 0.1) is 0 Å². The second kappa shape index (κ2) is 9.90.